The fourth-order valence-electron chi connectivity index (χ4n) is 1.75. The van der Waals surface area contributed by atoms with Gasteiger partial charge in [-0.3, -0.25) is 4.68 Å². The molecule has 1 aromatic rings. The molecule has 0 bridgehead atoms. The minimum Gasteiger partial charge on any atom is -0.308 e. The van der Waals surface area contributed by atoms with Gasteiger partial charge in [0, 0.05) is 19.5 Å². The molecule has 0 aliphatic carbocycles. The van der Waals surface area contributed by atoms with Crippen molar-refractivity contribution in [2.24, 2.45) is 7.05 Å². The Morgan fingerprint density at radius 3 is 2.59 bits per heavy atom. The van der Waals surface area contributed by atoms with Crippen molar-refractivity contribution in [1.82, 2.24) is 15.1 Å². The Labute approximate surface area is 103 Å². The quantitative estimate of drug-likeness (QED) is 0.824. The van der Waals surface area contributed by atoms with E-state index < -0.39 is 15.1 Å². The van der Waals surface area contributed by atoms with Crippen molar-refractivity contribution in [1.29, 1.82) is 0 Å². The van der Waals surface area contributed by atoms with Gasteiger partial charge in [-0.1, -0.05) is 6.92 Å². The highest BCUT2D eigenvalue weighted by Crippen LogP contribution is 2.21. The molecule has 1 heterocycles. The second-order valence-corrected chi connectivity index (χ2v) is 6.75. The number of sulfone groups is 1. The zero-order valence-electron chi connectivity index (χ0n) is 10.8. The molecule has 5 nitrogen and oxygen atoms in total. The highest BCUT2D eigenvalue weighted by atomic mass is 32.2. The monoisotopic (exact) mass is 259 g/mol. The van der Waals surface area contributed by atoms with E-state index in [1.54, 1.807) is 17.8 Å². The Balaban J connectivity index is 3.00. The van der Waals surface area contributed by atoms with Crippen LogP contribution in [0.1, 0.15) is 32.0 Å². The highest BCUT2D eigenvalue weighted by molar-refractivity contribution is 7.91. The molecule has 1 N–H and O–H groups in total. The molecule has 0 spiro atoms. The van der Waals surface area contributed by atoms with Crippen molar-refractivity contribution in [3.8, 4) is 0 Å². The Hall–Kier alpha value is -0.880. The summed E-state index contributed by atoms with van der Waals surface area (Å²) in [5.41, 5.74) is 0.899. The van der Waals surface area contributed by atoms with Crippen LogP contribution in [0.15, 0.2) is 12.3 Å². The summed E-state index contributed by atoms with van der Waals surface area (Å²) < 4.78 is 25.1. The summed E-state index contributed by atoms with van der Waals surface area (Å²) in [6.45, 7) is 4.57. The predicted molar refractivity (Wildman–Crippen MR) is 68.5 cm³/mol. The molecule has 0 aromatic carbocycles. The first-order valence-electron chi connectivity index (χ1n) is 5.78. The van der Waals surface area contributed by atoms with E-state index in [9.17, 15) is 8.42 Å². The molecule has 2 atom stereocenters. The number of hydrogen-bond acceptors (Lipinski definition) is 4. The zero-order valence-corrected chi connectivity index (χ0v) is 11.7. The minimum atomic E-state index is -3.08. The molecule has 0 fully saturated rings. The van der Waals surface area contributed by atoms with Crippen LogP contribution in [0.3, 0.4) is 0 Å². The zero-order chi connectivity index (χ0) is 13.1. The Morgan fingerprint density at radius 2 is 2.18 bits per heavy atom. The number of rotatable bonds is 6. The first-order valence-corrected chi connectivity index (χ1v) is 7.73. The second kappa shape index (κ2) is 5.64. The van der Waals surface area contributed by atoms with E-state index in [2.05, 4.69) is 17.3 Å². The largest absolute Gasteiger partial charge is 0.308 e. The van der Waals surface area contributed by atoms with E-state index in [0.29, 0.717) is 0 Å². The van der Waals surface area contributed by atoms with Crippen molar-refractivity contribution in [2.75, 3.05) is 12.8 Å². The summed E-state index contributed by atoms with van der Waals surface area (Å²) in [5.74, 6) is 0. The van der Waals surface area contributed by atoms with Crippen molar-refractivity contribution in [2.45, 2.75) is 31.6 Å². The molecule has 0 aliphatic rings. The fourth-order valence-corrected chi connectivity index (χ4v) is 2.48. The van der Waals surface area contributed by atoms with Gasteiger partial charge in [-0.25, -0.2) is 8.42 Å². The van der Waals surface area contributed by atoms with Gasteiger partial charge in [0.15, 0.2) is 9.84 Å². The van der Waals surface area contributed by atoms with Crippen molar-refractivity contribution in [3.05, 3.63) is 18.0 Å². The van der Waals surface area contributed by atoms with Gasteiger partial charge in [0.2, 0.25) is 0 Å². The molecule has 0 amide bonds. The van der Waals surface area contributed by atoms with E-state index in [1.807, 2.05) is 13.1 Å². The molecule has 0 saturated heterocycles. The van der Waals surface area contributed by atoms with E-state index >= 15 is 0 Å². The standard InChI is InChI=1S/C11H21N3O2S/c1-5-7-12-11(9(2)17(4,15)16)10-6-8-13-14(10)3/h6,8-9,11-12H,5,7H2,1-4H3. The highest BCUT2D eigenvalue weighted by Gasteiger charge is 2.28. The van der Waals surface area contributed by atoms with E-state index in [4.69, 9.17) is 0 Å². The lowest BCUT2D eigenvalue weighted by Gasteiger charge is -2.24. The van der Waals surface area contributed by atoms with Crippen LogP contribution in [0.2, 0.25) is 0 Å². The van der Waals surface area contributed by atoms with Gasteiger partial charge in [-0.2, -0.15) is 5.10 Å². The smallest absolute Gasteiger partial charge is 0.151 e. The number of aromatic nitrogens is 2. The van der Waals surface area contributed by atoms with E-state index in [0.717, 1.165) is 18.7 Å². The first-order chi connectivity index (χ1) is 7.88. The normalized spacial score (nSPS) is 15.8. The SMILES string of the molecule is CCCNC(c1ccnn1C)C(C)S(C)(=O)=O. The van der Waals surface area contributed by atoms with Gasteiger partial charge in [0.1, 0.15) is 0 Å². The summed E-state index contributed by atoms with van der Waals surface area (Å²) in [5, 5.41) is 6.90. The maximum absolute atomic E-state index is 11.7. The molecule has 17 heavy (non-hydrogen) atoms. The van der Waals surface area contributed by atoms with E-state index in [-0.39, 0.29) is 6.04 Å². The topological polar surface area (TPSA) is 64.0 Å². The van der Waals surface area contributed by atoms with Crippen LogP contribution < -0.4 is 5.32 Å². The maximum Gasteiger partial charge on any atom is 0.151 e. The molecular formula is C11H21N3O2S. The molecular weight excluding hydrogens is 238 g/mol. The lowest BCUT2D eigenvalue weighted by Crippen LogP contribution is -2.36. The number of aryl methyl sites for hydroxylation is 1. The van der Waals surface area contributed by atoms with Crippen LogP contribution in [-0.4, -0.2) is 36.2 Å². The van der Waals surface area contributed by atoms with Crippen LogP contribution in [0.25, 0.3) is 0 Å². The molecule has 2 unspecified atom stereocenters. The Kier molecular flexibility index (Phi) is 4.70. The van der Waals surface area contributed by atoms with Crippen LogP contribution in [0.4, 0.5) is 0 Å². The average molecular weight is 259 g/mol. The summed E-state index contributed by atoms with van der Waals surface area (Å²) in [7, 11) is -1.25. The van der Waals surface area contributed by atoms with E-state index in [1.165, 1.54) is 6.26 Å². The number of nitrogens with one attached hydrogen (secondary N) is 1. The van der Waals surface area contributed by atoms with Gasteiger partial charge in [-0.05, 0) is 26.0 Å². The molecule has 1 aromatic heterocycles. The van der Waals surface area contributed by atoms with Crippen LogP contribution >= 0.6 is 0 Å². The summed E-state index contributed by atoms with van der Waals surface area (Å²) in [6.07, 6.45) is 3.92. The van der Waals surface area contributed by atoms with Gasteiger partial charge in [0.05, 0.1) is 17.0 Å². The average Bonchev–Trinajstić information content (AvgIpc) is 2.64. The Morgan fingerprint density at radius 1 is 1.53 bits per heavy atom. The fraction of sp³-hybridized carbons (Fsp3) is 0.727. The summed E-state index contributed by atoms with van der Waals surface area (Å²) in [6, 6.07) is 1.65. The van der Waals surface area contributed by atoms with Crippen LogP contribution in [0, 0.1) is 0 Å². The lowest BCUT2D eigenvalue weighted by atomic mass is 10.1. The molecule has 0 aliphatic heterocycles. The molecule has 0 saturated carbocycles. The third-order valence-corrected chi connectivity index (χ3v) is 4.56. The van der Waals surface area contributed by atoms with Gasteiger partial charge < -0.3 is 5.32 Å². The predicted octanol–water partition coefficient (Wildman–Crippen LogP) is 0.894. The Bertz CT molecular complexity index is 453. The van der Waals surface area contributed by atoms with Gasteiger partial charge >= 0.3 is 0 Å². The van der Waals surface area contributed by atoms with Crippen molar-refractivity contribution in [3.63, 3.8) is 0 Å². The summed E-state index contributed by atoms with van der Waals surface area (Å²) in [4.78, 5) is 0. The van der Waals surface area contributed by atoms with Crippen LogP contribution in [-0.2, 0) is 16.9 Å². The van der Waals surface area contributed by atoms with Crippen molar-refractivity contribution < 1.29 is 8.42 Å². The third-order valence-electron chi connectivity index (χ3n) is 2.94. The summed E-state index contributed by atoms with van der Waals surface area (Å²) >= 11 is 0. The minimum absolute atomic E-state index is 0.211. The number of hydrogen-bond donors (Lipinski definition) is 1. The number of nitrogens with zero attached hydrogens (tertiary/aromatic N) is 2. The molecule has 6 heteroatoms. The van der Waals surface area contributed by atoms with Gasteiger partial charge in [0.25, 0.3) is 0 Å². The second-order valence-electron chi connectivity index (χ2n) is 4.35. The van der Waals surface area contributed by atoms with Crippen LogP contribution in [0.5, 0.6) is 0 Å². The third kappa shape index (κ3) is 3.54. The van der Waals surface area contributed by atoms with Crippen molar-refractivity contribution >= 4 is 9.84 Å². The maximum atomic E-state index is 11.7. The lowest BCUT2D eigenvalue weighted by molar-refractivity contribution is 0.473. The molecule has 0 radical (unpaired) electrons. The molecule has 98 valence electrons. The molecule has 1 rings (SSSR count). The first kappa shape index (κ1) is 14.2. The van der Waals surface area contributed by atoms with Gasteiger partial charge in [-0.15, -0.1) is 0 Å².